The average Bonchev–Trinajstić information content (AvgIpc) is 2.71. The van der Waals surface area contributed by atoms with E-state index in [-0.39, 0.29) is 0 Å². The van der Waals surface area contributed by atoms with Crippen molar-refractivity contribution in [3.05, 3.63) is 29.8 Å². The lowest BCUT2D eigenvalue weighted by atomic mass is 10.2. The van der Waals surface area contributed by atoms with Gasteiger partial charge < -0.3 is 24.8 Å². The molecule has 0 spiro atoms. The van der Waals surface area contributed by atoms with E-state index >= 15 is 0 Å². The van der Waals surface area contributed by atoms with Crippen LogP contribution in [0.5, 0.6) is 5.75 Å². The molecule has 1 aromatic carbocycles. The van der Waals surface area contributed by atoms with Crippen molar-refractivity contribution in [2.45, 2.75) is 20.4 Å². The zero-order valence-corrected chi connectivity index (χ0v) is 16.7. The molecule has 0 bridgehead atoms. The predicted molar refractivity (Wildman–Crippen MR) is 109 cm³/mol. The van der Waals surface area contributed by atoms with Gasteiger partial charge in [0.15, 0.2) is 5.96 Å². The molecule has 2 rings (SSSR count). The van der Waals surface area contributed by atoms with Crippen LogP contribution in [0.4, 0.5) is 0 Å². The second kappa shape index (κ2) is 13.4. The van der Waals surface area contributed by atoms with Crippen LogP contribution in [0.25, 0.3) is 0 Å². The van der Waals surface area contributed by atoms with E-state index in [2.05, 4.69) is 33.5 Å². The third-order valence-corrected chi connectivity index (χ3v) is 4.24. The van der Waals surface area contributed by atoms with Crippen LogP contribution in [-0.2, 0) is 16.0 Å². The molecule has 0 aliphatic carbocycles. The number of hydrogen-bond acceptors (Lipinski definition) is 5. The normalized spacial score (nSPS) is 15.6. The Morgan fingerprint density at radius 1 is 1.15 bits per heavy atom. The first-order chi connectivity index (χ1) is 13.3. The summed E-state index contributed by atoms with van der Waals surface area (Å²) in [6, 6.07) is 8.11. The van der Waals surface area contributed by atoms with Gasteiger partial charge in [0.2, 0.25) is 0 Å². The van der Waals surface area contributed by atoms with Crippen molar-refractivity contribution in [2.75, 3.05) is 65.8 Å². The summed E-state index contributed by atoms with van der Waals surface area (Å²) in [4.78, 5) is 7.04. The minimum Gasteiger partial charge on any atom is -0.492 e. The van der Waals surface area contributed by atoms with Gasteiger partial charge in [-0.3, -0.25) is 4.90 Å². The summed E-state index contributed by atoms with van der Waals surface area (Å²) in [5, 5.41) is 6.55. The third kappa shape index (κ3) is 8.60. The quantitative estimate of drug-likeness (QED) is 0.345. The number of rotatable bonds is 11. The fraction of sp³-hybridized carbons (Fsp3) is 0.650. The maximum atomic E-state index is 6.03. The summed E-state index contributed by atoms with van der Waals surface area (Å²) in [5.74, 6) is 1.69. The number of nitrogens with zero attached hydrogens (tertiary/aromatic N) is 2. The summed E-state index contributed by atoms with van der Waals surface area (Å²) < 4.78 is 16.8. The molecule has 1 aliphatic rings. The van der Waals surface area contributed by atoms with Gasteiger partial charge in [-0.25, -0.2) is 4.99 Å². The molecular formula is C20H34N4O3. The molecule has 0 unspecified atom stereocenters. The van der Waals surface area contributed by atoms with E-state index in [1.807, 2.05) is 25.1 Å². The molecule has 1 heterocycles. The first-order valence-corrected chi connectivity index (χ1v) is 9.94. The second-order valence-corrected chi connectivity index (χ2v) is 6.23. The topological polar surface area (TPSA) is 67.4 Å². The summed E-state index contributed by atoms with van der Waals surface area (Å²) in [5.41, 5.74) is 1.08. The number of morpholine rings is 1. The van der Waals surface area contributed by atoms with Gasteiger partial charge in [0.25, 0.3) is 0 Å². The van der Waals surface area contributed by atoms with Crippen LogP contribution in [0.1, 0.15) is 19.4 Å². The Labute approximate surface area is 163 Å². The van der Waals surface area contributed by atoms with E-state index < -0.39 is 0 Å². The zero-order chi connectivity index (χ0) is 19.2. The minimum atomic E-state index is 0.567. The Bertz CT molecular complexity index is 548. The number of aliphatic imine (C=N–C) groups is 1. The molecule has 27 heavy (non-hydrogen) atoms. The number of para-hydroxylation sites is 1. The molecule has 7 heteroatoms. The number of nitrogens with one attached hydrogen (secondary N) is 2. The van der Waals surface area contributed by atoms with Crippen molar-refractivity contribution >= 4 is 5.96 Å². The van der Waals surface area contributed by atoms with Crippen LogP contribution in [-0.4, -0.2) is 76.6 Å². The molecule has 1 saturated heterocycles. The Balaban J connectivity index is 1.84. The van der Waals surface area contributed by atoms with Gasteiger partial charge >= 0.3 is 0 Å². The molecule has 1 aromatic rings. The zero-order valence-electron chi connectivity index (χ0n) is 16.7. The molecule has 0 radical (unpaired) electrons. The lowest BCUT2D eigenvalue weighted by Crippen LogP contribution is -2.39. The van der Waals surface area contributed by atoms with E-state index in [0.29, 0.717) is 19.8 Å². The molecule has 152 valence electrons. The predicted octanol–water partition coefficient (Wildman–Crippen LogP) is 1.49. The first kappa shape index (κ1) is 21.5. The Hall–Kier alpha value is -1.83. The Morgan fingerprint density at radius 3 is 2.74 bits per heavy atom. The smallest absolute Gasteiger partial charge is 0.191 e. The molecule has 0 atom stereocenters. The van der Waals surface area contributed by atoms with Crippen molar-refractivity contribution in [3.8, 4) is 5.75 Å². The summed E-state index contributed by atoms with van der Waals surface area (Å²) in [6.45, 7) is 12.8. The van der Waals surface area contributed by atoms with Crippen LogP contribution in [0.15, 0.2) is 29.3 Å². The van der Waals surface area contributed by atoms with Crippen molar-refractivity contribution in [1.82, 2.24) is 15.5 Å². The van der Waals surface area contributed by atoms with Gasteiger partial charge in [-0.2, -0.15) is 0 Å². The van der Waals surface area contributed by atoms with E-state index in [1.54, 1.807) is 0 Å². The Kier molecular flexibility index (Phi) is 10.6. The number of ether oxygens (including phenoxy) is 3. The summed E-state index contributed by atoms with van der Waals surface area (Å²) in [6.07, 6.45) is 0. The molecule has 1 aliphatic heterocycles. The lowest BCUT2D eigenvalue weighted by molar-refractivity contribution is 0.0322. The molecule has 0 amide bonds. The Morgan fingerprint density at radius 2 is 1.96 bits per heavy atom. The van der Waals surface area contributed by atoms with Gasteiger partial charge in [-0.05, 0) is 19.9 Å². The van der Waals surface area contributed by atoms with Crippen LogP contribution in [0.3, 0.4) is 0 Å². The summed E-state index contributed by atoms with van der Waals surface area (Å²) in [7, 11) is 0. The van der Waals surface area contributed by atoms with E-state index in [1.165, 1.54) is 0 Å². The van der Waals surface area contributed by atoms with Gasteiger partial charge in [0.1, 0.15) is 12.4 Å². The van der Waals surface area contributed by atoms with E-state index in [4.69, 9.17) is 14.2 Å². The monoisotopic (exact) mass is 378 g/mol. The van der Waals surface area contributed by atoms with Crippen molar-refractivity contribution in [1.29, 1.82) is 0 Å². The summed E-state index contributed by atoms with van der Waals surface area (Å²) >= 11 is 0. The molecule has 0 saturated carbocycles. The van der Waals surface area contributed by atoms with Gasteiger partial charge in [0.05, 0.1) is 26.4 Å². The number of benzene rings is 1. The molecule has 0 aromatic heterocycles. The van der Waals surface area contributed by atoms with E-state index in [9.17, 15) is 0 Å². The van der Waals surface area contributed by atoms with Crippen molar-refractivity contribution in [2.24, 2.45) is 4.99 Å². The minimum absolute atomic E-state index is 0.567. The standard InChI is InChI=1S/C20H34N4O3/c1-3-21-20(22-9-13-25-4-2)23-17-18-7-5-6-8-19(18)27-16-12-24-10-14-26-15-11-24/h5-8H,3-4,9-17H2,1-2H3,(H2,21,22,23). The lowest BCUT2D eigenvalue weighted by Gasteiger charge is -2.26. The van der Waals surface area contributed by atoms with Crippen LogP contribution in [0, 0.1) is 0 Å². The number of hydrogen-bond donors (Lipinski definition) is 2. The van der Waals surface area contributed by atoms with Crippen LogP contribution in [0.2, 0.25) is 0 Å². The van der Waals surface area contributed by atoms with Gasteiger partial charge in [-0.15, -0.1) is 0 Å². The molecule has 2 N–H and O–H groups in total. The van der Waals surface area contributed by atoms with Crippen LogP contribution < -0.4 is 15.4 Å². The fourth-order valence-electron chi connectivity index (χ4n) is 2.78. The average molecular weight is 379 g/mol. The molecule has 7 nitrogen and oxygen atoms in total. The highest BCUT2D eigenvalue weighted by molar-refractivity contribution is 5.79. The largest absolute Gasteiger partial charge is 0.492 e. The highest BCUT2D eigenvalue weighted by atomic mass is 16.5. The highest BCUT2D eigenvalue weighted by Gasteiger charge is 2.10. The molecular weight excluding hydrogens is 344 g/mol. The van der Waals surface area contributed by atoms with Crippen LogP contribution >= 0.6 is 0 Å². The van der Waals surface area contributed by atoms with Gasteiger partial charge in [0, 0.05) is 44.9 Å². The highest BCUT2D eigenvalue weighted by Crippen LogP contribution is 2.19. The fourth-order valence-corrected chi connectivity index (χ4v) is 2.78. The van der Waals surface area contributed by atoms with E-state index in [0.717, 1.165) is 69.8 Å². The third-order valence-electron chi connectivity index (χ3n) is 4.24. The molecule has 1 fully saturated rings. The maximum absolute atomic E-state index is 6.03. The van der Waals surface area contributed by atoms with Crippen molar-refractivity contribution in [3.63, 3.8) is 0 Å². The first-order valence-electron chi connectivity index (χ1n) is 9.94. The van der Waals surface area contributed by atoms with Gasteiger partial charge in [-0.1, -0.05) is 18.2 Å². The number of guanidine groups is 1. The maximum Gasteiger partial charge on any atom is 0.191 e. The van der Waals surface area contributed by atoms with Crippen molar-refractivity contribution < 1.29 is 14.2 Å². The second-order valence-electron chi connectivity index (χ2n) is 6.23. The SMILES string of the molecule is CCNC(=NCc1ccccc1OCCN1CCOCC1)NCCOCC.